The summed E-state index contributed by atoms with van der Waals surface area (Å²) in [6, 6.07) is 0. The largest absolute Gasteiger partial charge is 0.465 e. The fourth-order valence-electron chi connectivity index (χ4n) is 2.33. The molecule has 0 saturated heterocycles. The monoisotopic (exact) mass is 318 g/mol. The molecule has 1 aromatic rings. The van der Waals surface area contributed by atoms with E-state index in [9.17, 15) is 8.42 Å². The Labute approximate surface area is 124 Å². The van der Waals surface area contributed by atoms with Gasteiger partial charge in [-0.3, -0.25) is 0 Å². The number of hydrogen-bond donors (Lipinski definition) is 2. The zero-order valence-electron chi connectivity index (χ0n) is 12.4. The maximum absolute atomic E-state index is 12.5. The van der Waals surface area contributed by atoms with Crippen molar-refractivity contribution in [1.29, 1.82) is 0 Å². The van der Waals surface area contributed by atoms with E-state index in [1.807, 2.05) is 6.26 Å². The maximum atomic E-state index is 12.5. The first-order valence-corrected chi connectivity index (χ1v) is 9.34. The Balaban J connectivity index is 2.25. The number of aryl methyl sites for hydroxylation is 2. The van der Waals surface area contributed by atoms with Crippen LogP contribution >= 0.6 is 11.8 Å². The molecule has 0 aliphatic heterocycles. The standard InChI is InChI=1S/C13H22N2O3S2/c1-9-11(7-14-3)12(10(2)18-9)20(16,17)15-8-13(19-4)5-6-13/h14-15H,5-8H2,1-4H3. The van der Waals surface area contributed by atoms with Crippen molar-refractivity contribution in [3.63, 3.8) is 0 Å². The molecule has 2 N–H and O–H groups in total. The van der Waals surface area contributed by atoms with E-state index < -0.39 is 10.0 Å². The third kappa shape index (κ3) is 3.05. The third-order valence-corrected chi connectivity index (χ3v) is 6.79. The van der Waals surface area contributed by atoms with Gasteiger partial charge < -0.3 is 9.73 Å². The predicted octanol–water partition coefficient (Wildman–Crippen LogP) is 1.79. The molecule has 1 aliphatic carbocycles. The van der Waals surface area contributed by atoms with E-state index >= 15 is 0 Å². The molecule has 1 fully saturated rings. The number of sulfonamides is 1. The van der Waals surface area contributed by atoms with Gasteiger partial charge in [-0.05, 0) is 40.0 Å². The van der Waals surface area contributed by atoms with Crippen LogP contribution < -0.4 is 10.0 Å². The van der Waals surface area contributed by atoms with Gasteiger partial charge in [0.15, 0.2) is 0 Å². The van der Waals surface area contributed by atoms with Gasteiger partial charge in [0.1, 0.15) is 16.4 Å². The highest BCUT2D eigenvalue weighted by atomic mass is 32.2. The first-order chi connectivity index (χ1) is 9.35. The number of furan rings is 1. The summed E-state index contributed by atoms with van der Waals surface area (Å²) >= 11 is 1.74. The van der Waals surface area contributed by atoms with Crippen molar-refractivity contribution < 1.29 is 12.8 Å². The minimum absolute atomic E-state index is 0.100. The van der Waals surface area contributed by atoms with E-state index in [4.69, 9.17) is 4.42 Å². The molecule has 0 atom stereocenters. The molecule has 0 radical (unpaired) electrons. The molecule has 114 valence electrons. The van der Waals surface area contributed by atoms with Crippen LogP contribution in [0.3, 0.4) is 0 Å². The third-order valence-electron chi connectivity index (χ3n) is 3.77. The van der Waals surface area contributed by atoms with Gasteiger partial charge >= 0.3 is 0 Å². The SMILES string of the molecule is CNCc1c(C)oc(C)c1S(=O)(=O)NCC1(SC)CC1. The van der Waals surface area contributed by atoms with E-state index in [1.54, 1.807) is 32.7 Å². The van der Waals surface area contributed by atoms with Crippen molar-refractivity contribution in [2.24, 2.45) is 0 Å². The lowest BCUT2D eigenvalue weighted by atomic mass is 10.2. The molecule has 1 aromatic heterocycles. The van der Waals surface area contributed by atoms with Crippen LogP contribution in [0, 0.1) is 13.8 Å². The average molecular weight is 318 g/mol. The van der Waals surface area contributed by atoms with Crippen molar-refractivity contribution in [3.8, 4) is 0 Å². The highest BCUT2D eigenvalue weighted by Gasteiger charge is 2.43. The summed E-state index contributed by atoms with van der Waals surface area (Å²) in [6.07, 6.45) is 4.17. The van der Waals surface area contributed by atoms with Gasteiger partial charge in [-0.1, -0.05) is 0 Å². The van der Waals surface area contributed by atoms with Gasteiger partial charge in [0.25, 0.3) is 0 Å². The summed E-state index contributed by atoms with van der Waals surface area (Å²) in [5, 5.41) is 2.99. The van der Waals surface area contributed by atoms with Crippen LogP contribution in [-0.4, -0.2) is 33.0 Å². The summed E-state index contributed by atoms with van der Waals surface area (Å²) in [6.45, 7) is 4.46. The molecule has 0 aromatic carbocycles. The zero-order chi connectivity index (χ0) is 15.0. The van der Waals surface area contributed by atoms with Crippen LogP contribution in [0.15, 0.2) is 9.31 Å². The second kappa shape index (κ2) is 5.71. The van der Waals surface area contributed by atoms with Crippen LogP contribution in [0.2, 0.25) is 0 Å². The van der Waals surface area contributed by atoms with Gasteiger partial charge in [-0.15, -0.1) is 0 Å². The fraction of sp³-hybridized carbons (Fsp3) is 0.692. The molecule has 1 aliphatic rings. The van der Waals surface area contributed by atoms with Gasteiger partial charge in [-0.25, -0.2) is 13.1 Å². The number of hydrogen-bond acceptors (Lipinski definition) is 5. The van der Waals surface area contributed by atoms with E-state index in [-0.39, 0.29) is 4.75 Å². The smallest absolute Gasteiger partial charge is 0.244 e. The lowest BCUT2D eigenvalue weighted by Gasteiger charge is -2.14. The van der Waals surface area contributed by atoms with E-state index in [2.05, 4.69) is 10.0 Å². The Morgan fingerprint density at radius 1 is 1.30 bits per heavy atom. The van der Waals surface area contributed by atoms with Gasteiger partial charge in [0, 0.05) is 23.4 Å². The zero-order valence-corrected chi connectivity index (χ0v) is 14.0. The second-order valence-electron chi connectivity index (χ2n) is 5.26. The van der Waals surface area contributed by atoms with Crippen LogP contribution in [0.4, 0.5) is 0 Å². The quantitative estimate of drug-likeness (QED) is 0.802. The van der Waals surface area contributed by atoms with Crippen LogP contribution in [0.25, 0.3) is 0 Å². The molecule has 20 heavy (non-hydrogen) atoms. The number of rotatable bonds is 7. The Bertz CT molecular complexity index is 589. The van der Waals surface area contributed by atoms with Crippen molar-refractivity contribution in [1.82, 2.24) is 10.0 Å². The van der Waals surface area contributed by atoms with Gasteiger partial charge in [0.05, 0.1) is 0 Å². The molecule has 0 spiro atoms. The molecule has 0 bridgehead atoms. The summed E-state index contributed by atoms with van der Waals surface area (Å²) in [5.41, 5.74) is 0.714. The number of nitrogens with one attached hydrogen (secondary N) is 2. The summed E-state index contributed by atoms with van der Waals surface area (Å²) in [5.74, 6) is 1.11. The Morgan fingerprint density at radius 3 is 2.45 bits per heavy atom. The normalized spacial score (nSPS) is 17.4. The van der Waals surface area contributed by atoms with E-state index in [0.29, 0.717) is 35.1 Å². The second-order valence-corrected chi connectivity index (χ2v) is 8.24. The molecular weight excluding hydrogens is 296 g/mol. The van der Waals surface area contributed by atoms with Crippen LogP contribution in [-0.2, 0) is 16.6 Å². The first-order valence-electron chi connectivity index (χ1n) is 6.63. The number of thioether (sulfide) groups is 1. The van der Waals surface area contributed by atoms with E-state index in [0.717, 1.165) is 12.8 Å². The molecule has 2 rings (SSSR count). The van der Waals surface area contributed by atoms with Crippen molar-refractivity contribution >= 4 is 21.8 Å². The minimum Gasteiger partial charge on any atom is -0.465 e. The lowest BCUT2D eigenvalue weighted by molar-refractivity contribution is 0.493. The Morgan fingerprint density at radius 2 is 1.95 bits per heavy atom. The highest BCUT2D eigenvalue weighted by molar-refractivity contribution is 8.00. The maximum Gasteiger partial charge on any atom is 0.244 e. The molecule has 7 heteroatoms. The highest BCUT2D eigenvalue weighted by Crippen LogP contribution is 2.46. The summed E-state index contributed by atoms with van der Waals surface area (Å²) in [4.78, 5) is 0.293. The summed E-state index contributed by atoms with van der Waals surface area (Å²) in [7, 11) is -1.73. The minimum atomic E-state index is -3.52. The molecule has 1 heterocycles. The lowest BCUT2D eigenvalue weighted by Crippen LogP contribution is -2.32. The van der Waals surface area contributed by atoms with Crippen molar-refractivity contribution in [2.75, 3.05) is 19.8 Å². The Kier molecular flexibility index (Phi) is 4.53. The average Bonchev–Trinajstić information content (AvgIpc) is 3.10. The van der Waals surface area contributed by atoms with Crippen LogP contribution in [0.5, 0.6) is 0 Å². The molecule has 0 amide bonds. The van der Waals surface area contributed by atoms with Crippen molar-refractivity contribution in [3.05, 3.63) is 17.1 Å². The molecular formula is C13H22N2O3S2. The van der Waals surface area contributed by atoms with Gasteiger partial charge in [0.2, 0.25) is 10.0 Å². The molecule has 5 nitrogen and oxygen atoms in total. The predicted molar refractivity (Wildman–Crippen MR) is 81.6 cm³/mol. The topological polar surface area (TPSA) is 71.3 Å². The fourth-order valence-corrected chi connectivity index (χ4v) is 4.72. The Hall–Kier alpha value is -0.500. The molecule has 1 saturated carbocycles. The summed E-state index contributed by atoms with van der Waals surface area (Å²) < 4.78 is 33.4. The van der Waals surface area contributed by atoms with Crippen LogP contribution in [0.1, 0.15) is 29.9 Å². The first kappa shape index (κ1) is 15.9. The molecule has 0 unspecified atom stereocenters. The van der Waals surface area contributed by atoms with Crippen molar-refractivity contribution in [2.45, 2.75) is 42.9 Å². The van der Waals surface area contributed by atoms with E-state index in [1.165, 1.54) is 0 Å². The van der Waals surface area contributed by atoms with Gasteiger partial charge in [-0.2, -0.15) is 11.8 Å².